The first-order chi connectivity index (χ1) is 11.4. The van der Waals surface area contributed by atoms with Gasteiger partial charge in [0.1, 0.15) is 12.1 Å². The van der Waals surface area contributed by atoms with Crippen molar-refractivity contribution in [1.29, 1.82) is 0 Å². The third kappa shape index (κ3) is 1.95. The molecule has 3 aromatic heterocycles. The Morgan fingerprint density at radius 3 is 2.96 bits per heavy atom. The molecule has 2 fully saturated rings. The van der Waals surface area contributed by atoms with Crippen LogP contribution in [-0.4, -0.2) is 29.7 Å². The van der Waals surface area contributed by atoms with E-state index in [0.29, 0.717) is 0 Å². The monoisotopic (exact) mass is 327 g/mol. The first-order valence-corrected chi connectivity index (χ1v) is 8.81. The van der Waals surface area contributed by atoms with Crippen LogP contribution >= 0.6 is 11.3 Å². The van der Waals surface area contributed by atoms with E-state index in [-0.39, 0.29) is 11.5 Å². The van der Waals surface area contributed by atoms with Gasteiger partial charge in [-0.25, -0.2) is 9.97 Å². The Morgan fingerprint density at radius 1 is 1.22 bits per heavy atom. The minimum absolute atomic E-state index is 0.238. The molecule has 5 nitrogen and oxygen atoms in total. The lowest BCUT2D eigenvalue weighted by Gasteiger charge is -2.58. The molecule has 2 saturated heterocycles. The van der Waals surface area contributed by atoms with Gasteiger partial charge < -0.3 is 14.1 Å². The molecule has 0 saturated carbocycles. The minimum atomic E-state index is 0.238. The Labute approximate surface area is 137 Å². The molecule has 2 aliphatic heterocycles. The van der Waals surface area contributed by atoms with E-state index in [0.717, 1.165) is 54.4 Å². The molecule has 1 spiro atoms. The van der Waals surface area contributed by atoms with Crippen molar-refractivity contribution in [1.82, 2.24) is 9.97 Å². The Kier molecular flexibility index (Phi) is 2.96. The van der Waals surface area contributed by atoms with Gasteiger partial charge in [-0.3, -0.25) is 0 Å². The molecule has 118 valence electrons. The van der Waals surface area contributed by atoms with Gasteiger partial charge in [-0.05, 0) is 36.4 Å². The summed E-state index contributed by atoms with van der Waals surface area (Å²) in [4.78, 5) is 11.3. The molecule has 23 heavy (non-hydrogen) atoms. The molecule has 5 rings (SSSR count). The fraction of sp³-hybridized carbons (Fsp3) is 0.412. The van der Waals surface area contributed by atoms with E-state index in [9.17, 15) is 0 Å². The average molecular weight is 327 g/mol. The van der Waals surface area contributed by atoms with Crippen molar-refractivity contribution in [3.8, 4) is 0 Å². The minimum Gasteiger partial charge on any atom is -0.467 e. The maximum Gasteiger partial charge on any atom is 0.150 e. The summed E-state index contributed by atoms with van der Waals surface area (Å²) in [5, 5.41) is 2.08. The van der Waals surface area contributed by atoms with E-state index >= 15 is 0 Å². The van der Waals surface area contributed by atoms with Crippen LogP contribution in [0.4, 0.5) is 5.82 Å². The second-order valence-electron chi connectivity index (χ2n) is 6.35. The number of hydrogen-bond donors (Lipinski definition) is 0. The molecule has 0 bridgehead atoms. The number of furan rings is 1. The number of ether oxygens (including phenoxy) is 1. The van der Waals surface area contributed by atoms with E-state index in [1.807, 2.05) is 6.07 Å². The van der Waals surface area contributed by atoms with E-state index in [1.54, 1.807) is 23.9 Å². The molecule has 1 unspecified atom stereocenters. The average Bonchev–Trinajstić information content (AvgIpc) is 3.24. The highest BCUT2D eigenvalue weighted by Gasteiger charge is 2.55. The largest absolute Gasteiger partial charge is 0.467 e. The number of anilines is 1. The lowest BCUT2D eigenvalue weighted by molar-refractivity contribution is -0.0343. The summed E-state index contributed by atoms with van der Waals surface area (Å²) in [6.07, 6.45) is 5.58. The van der Waals surface area contributed by atoms with Gasteiger partial charge in [-0.1, -0.05) is 0 Å². The number of aromatic nitrogens is 2. The van der Waals surface area contributed by atoms with E-state index in [1.165, 1.54) is 0 Å². The van der Waals surface area contributed by atoms with Gasteiger partial charge in [0, 0.05) is 25.2 Å². The Morgan fingerprint density at radius 2 is 2.13 bits per heavy atom. The van der Waals surface area contributed by atoms with E-state index in [2.05, 4.69) is 32.4 Å². The molecule has 0 aliphatic carbocycles. The lowest BCUT2D eigenvalue weighted by atomic mass is 9.65. The third-order valence-electron chi connectivity index (χ3n) is 5.17. The number of rotatable bonds is 2. The van der Waals surface area contributed by atoms with Crippen molar-refractivity contribution < 1.29 is 9.15 Å². The summed E-state index contributed by atoms with van der Waals surface area (Å²) in [7, 11) is 0. The zero-order chi connectivity index (χ0) is 15.3. The second-order valence-corrected chi connectivity index (χ2v) is 7.27. The van der Waals surface area contributed by atoms with Crippen molar-refractivity contribution in [2.75, 3.05) is 24.7 Å². The predicted octanol–water partition coefficient (Wildman–Crippen LogP) is 3.64. The molecular weight excluding hydrogens is 310 g/mol. The van der Waals surface area contributed by atoms with E-state index < -0.39 is 0 Å². The van der Waals surface area contributed by atoms with Crippen LogP contribution in [0.2, 0.25) is 0 Å². The highest BCUT2D eigenvalue weighted by atomic mass is 32.1. The number of thiophene rings is 1. The molecular formula is C17H17N3O2S. The van der Waals surface area contributed by atoms with Crippen LogP contribution in [0.25, 0.3) is 10.2 Å². The summed E-state index contributed by atoms with van der Waals surface area (Å²) in [6, 6.07) is 6.35. The molecule has 1 atom stereocenters. The van der Waals surface area contributed by atoms with Crippen LogP contribution in [0.3, 0.4) is 0 Å². The summed E-state index contributed by atoms with van der Waals surface area (Å²) in [5.74, 6) is 2.06. The fourth-order valence-corrected chi connectivity index (χ4v) is 4.87. The molecule has 2 aliphatic rings. The van der Waals surface area contributed by atoms with Gasteiger partial charge in [0.15, 0.2) is 5.82 Å². The molecule has 0 N–H and O–H groups in total. The zero-order valence-corrected chi connectivity index (χ0v) is 13.5. The Bertz CT molecular complexity index is 823. The smallest absolute Gasteiger partial charge is 0.150 e. The first-order valence-electron chi connectivity index (χ1n) is 7.93. The first kappa shape index (κ1) is 13.5. The van der Waals surface area contributed by atoms with Gasteiger partial charge in [0.25, 0.3) is 0 Å². The van der Waals surface area contributed by atoms with Crippen molar-refractivity contribution in [2.45, 2.75) is 18.9 Å². The van der Waals surface area contributed by atoms with Crippen molar-refractivity contribution in [3.05, 3.63) is 41.9 Å². The molecule has 5 heterocycles. The Balaban J connectivity index is 1.59. The zero-order valence-electron chi connectivity index (χ0n) is 12.6. The molecule has 3 aromatic rings. The predicted molar refractivity (Wildman–Crippen MR) is 88.7 cm³/mol. The van der Waals surface area contributed by atoms with Crippen LogP contribution in [-0.2, 0) is 4.74 Å². The number of hydrogen-bond acceptors (Lipinski definition) is 6. The third-order valence-corrected chi connectivity index (χ3v) is 6.07. The Hall–Kier alpha value is -1.92. The SMILES string of the molecule is c1coc(C2N(c3ncnc4ccsc34)CC23CCOCC3)c1. The van der Waals surface area contributed by atoms with Crippen LogP contribution in [0.1, 0.15) is 24.6 Å². The maximum absolute atomic E-state index is 5.79. The summed E-state index contributed by atoms with van der Waals surface area (Å²) >= 11 is 1.70. The standard InChI is InChI=1S/C17H17N3O2S/c1-2-13(22-6-1)15-17(4-7-21-8-5-17)10-20(15)16-14-12(3-9-23-14)18-11-19-16/h1-3,6,9,11,15H,4-5,7-8,10H2. The van der Waals surface area contributed by atoms with Gasteiger partial charge >= 0.3 is 0 Å². The fourth-order valence-electron chi connectivity index (χ4n) is 4.02. The lowest BCUT2D eigenvalue weighted by Crippen LogP contribution is -2.61. The maximum atomic E-state index is 5.79. The van der Waals surface area contributed by atoms with Gasteiger partial charge in [-0.15, -0.1) is 11.3 Å². The van der Waals surface area contributed by atoms with Crippen molar-refractivity contribution in [3.63, 3.8) is 0 Å². The van der Waals surface area contributed by atoms with Crippen molar-refractivity contribution >= 4 is 27.4 Å². The molecule has 0 radical (unpaired) electrons. The summed E-state index contributed by atoms with van der Waals surface area (Å²) in [6.45, 7) is 2.68. The molecule has 0 aromatic carbocycles. The van der Waals surface area contributed by atoms with Crippen LogP contribution < -0.4 is 4.90 Å². The number of nitrogens with zero attached hydrogens (tertiary/aromatic N) is 3. The van der Waals surface area contributed by atoms with Crippen molar-refractivity contribution in [2.24, 2.45) is 5.41 Å². The van der Waals surface area contributed by atoms with Gasteiger partial charge in [0.2, 0.25) is 0 Å². The highest BCUT2D eigenvalue weighted by Crippen LogP contribution is 2.56. The summed E-state index contributed by atoms with van der Waals surface area (Å²) in [5.41, 5.74) is 1.26. The van der Waals surface area contributed by atoms with Crippen LogP contribution in [0.5, 0.6) is 0 Å². The summed E-state index contributed by atoms with van der Waals surface area (Å²) < 4.78 is 12.5. The molecule has 6 heteroatoms. The second kappa shape index (κ2) is 5.04. The topological polar surface area (TPSA) is 51.4 Å². The van der Waals surface area contributed by atoms with Crippen LogP contribution in [0, 0.1) is 5.41 Å². The quantitative estimate of drug-likeness (QED) is 0.719. The molecule has 0 amide bonds. The van der Waals surface area contributed by atoms with Crippen LogP contribution in [0.15, 0.2) is 40.6 Å². The van der Waals surface area contributed by atoms with Gasteiger partial charge in [-0.2, -0.15) is 0 Å². The highest BCUT2D eigenvalue weighted by molar-refractivity contribution is 7.17. The number of fused-ring (bicyclic) bond motifs is 1. The van der Waals surface area contributed by atoms with E-state index in [4.69, 9.17) is 9.15 Å². The van der Waals surface area contributed by atoms with Gasteiger partial charge in [0.05, 0.1) is 22.5 Å². The normalized spacial score (nSPS) is 23.3.